The molecule has 0 aliphatic heterocycles. The number of hydrogen-bond donors (Lipinski definition) is 1. The molecule has 8 heteroatoms. The van der Waals surface area contributed by atoms with E-state index >= 15 is 0 Å². The van der Waals surface area contributed by atoms with E-state index in [1.54, 1.807) is 28.9 Å². The van der Waals surface area contributed by atoms with Gasteiger partial charge in [-0.15, -0.1) is 22.7 Å². The van der Waals surface area contributed by atoms with E-state index < -0.39 is 10.8 Å². The fourth-order valence-corrected chi connectivity index (χ4v) is 3.82. The highest BCUT2D eigenvalue weighted by molar-refractivity contribution is 7.27. The molecule has 0 atom stereocenters. The highest BCUT2D eigenvalue weighted by Gasteiger charge is 2.10. The number of nitro groups is 1. The van der Waals surface area contributed by atoms with Crippen molar-refractivity contribution in [2.45, 2.75) is 0 Å². The van der Waals surface area contributed by atoms with Gasteiger partial charge in [0.2, 0.25) is 0 Å². The van der Waals surface area contributed by atoms with Crippen LogP contribution in [0.15, 0.2) is 46.9 Å². The maximum atomic E-state index is 11.9. The lowest BCUT2D eigenvalue weighted by Gasteiger charge is -1.99. The Labute approximate surface area is 132 Å². The van der Waals surface area contributed by atoms with Crippen LogP contribution < -0.4 is 5.43 Å². The van der Waals surface area contributed by atoms with Gasteiger partial charge in [0.25, 0.3) is 11.6 Å². The van der Waals surface area contributed by atoms with Crippen LogP contribution in [0.4, 0.5) is 5.69 Å². The highest BCUT2D eigenvalue weighted by atomic mass is 32.1. The number of carbonyl (C=O) groups excluding carboxylic acids is 1. The molecule has 3 aromatic rings. The third-order valence-corrected chi connectivity index (χ3v) is 4.86. The Morgan fingerprint density at radius 1 is 1.27 bits per heavy atom. The summed E-state index contributed by atoms with van der Waals surface area (Å²) in [5.74, 6) is -0.488. The van der Waals surface area contributed by atoms with E-state index in [2.05, 4.69) is 10.5 Å². The first kappa shape index (κ1) is 14.4. The average Bonchev–Trinajstić information content (AvgIpc) is 3.08. The predicted octanol–water partition coefficient (Wildman–Crippen LogP) is 3.63. The molecule has 0 spiro atoms. The van der Waals surface area contributed by atoms with Crippen molar-refractivity contribution in [1.82, 2.24) is 5.43 Å². The van der Waals surface area contributed by atoms with Gasteiger partial charge < -0.3 is 0 Å². The van der Waals surface area contributed by atoms with Crippen LogP contribution in [-0.2, 0) is 0 Å². The number of non-ortho nitro benzene ring substituents is 1. The summed E-state index contributed by atoms with van der Waals surface area (Å²) in [5.41, 5.74) is 2.43. The Hall–Kier alpha value is -2.58. The lowest BCUT2D eigenvalue weighted by atomic mass is 10.2. The number of hydrogen-bond acceptors (Lipinski definition) is 6. The maximum absolute atomic E-state index is 11.9. The summed E-state index contributed by atoms with van der Waals surface area (Å²) < 4.78 is 2.35. The Bertz CT molecular complexity index is 854. The molecule has 1 amide bonds. The SMILES string of the molecule is O=C(N/N=C\c1cc2sccc2s1)c1cccc([N+](=O)[O-])c1. The van der Waals surface area contributed by atoms with Crippen LogP contribution in [0.5, 0.6) is 0 Å². The third-order valence-electron chi connectivity index (χ3n) is 2.84. The van der Waals surface area contributed by atoms with Crippen LogP contribution in [0, 0.1) is 10.1 Å². The summed E-state index contributed by atoms with van der Waals surface area (Å²) >= 11 is 3.22. The van der Waals surface area contributed by atoms with E-state index in [0.29, 0.717) is 0 Å². The summed E-state index contributed by atoms with van der Waals surface area (Å²) in [6.45, 7) is 0. The number of rotatable bonds is 4. The monoisotopic (exact) mass is 331 g/mol. The molecule has 2 heterocycles. The minimum atomic E-state index is -0.543. The van der Waals surface area contributed by atoms with Gasteiger partial charge in [0, 0.05) is 32.0 Å². The average molecular weight is 331 g/mol. The van der Waals surface area contributed by atoms with Crippen molar-refractivity contribution in [3.63, 3.8) is 0 Å². The van der Waals surface area contributed by atoms with Crippen molar-refractivity contribution in [3.05, 3.63) is 62.3 Å². The number of nitrogens with zero attached hydrogens (tertiary/aromatic N) is 2. The first-order chi connectivity index (χ1) is 10.6. The summed E-state index contributed by atoms with van der Waals surface area (Å²) in [6, 6.07) is 9.53. The Morgan fingerprint density at radius 3 is 2.91 bits per heavy atom. The number of nitro benzene ring substituents is 1. The van der Waals surface area contributed by atoms with Gasteiger partial charge in [-0.25, -0.2) is 5.43 Å². The van der Waals surface area contributed by atoms with Gasteiger partial charge in [0.1, 0.15) is 0 Å². The van der Waals surface area contributed by atoms with Crippen LogP contribution >= 0.6 is 22.7 Å². The van der Waals surface area contributed by atoms with Crippen LogP contribution in [0.3, 0.4) is 0 Å². The molecule has 1 N–H and O–H groups in total. The van der Waals surface area contributed by atoms with Crippen LogP contribution in [0.2, 0.25) is 0 Å². The topological polar surface area (TPSA) is 84.6 Å². The molecular weight excluding hydrogens is 322 g/mol. The van der Waals surface area contributed by atoms with E-state index in [1.165, 1.54) is 33.7 Å². The van der Waals surface area contributed by atoms with E-state index in [4.69, 9.17) is 0 Å². The second kappa shape index (κ2) is 6.04. The van der Waals surface area contributed by atoms with Gasteiger partial charge in [-0.1, -0.05) is 6.07 Å². The molecule has 3 rings (SSSR count). The van der Waals surface area contributed by atoms with Crippen LogP contribution in [0.25, 0.3) is 9.40 Å². The van der Waals surface area contributed by atoms with E-state index in [-0.39, 0.29) is 11.3 Å². The normalized spacial score (nSPS) is 11.1. The molecular formula is C14H9N3O3S2. The summed E-state index contributed by atoms with van der Waals surface area (Å²) in [4.78, 5) is 23.0. The number of thiophene rings is 2. The van der Waals surface area contributed by atoms with E-state index in [9.17, 15) is 14.9 Å². The second-order valence-corrected chi connectivity index (χ2v) is 6.37. The van der Waals surface area contributed by atoms with Crippen molar-refractivity contribution in [3.8, 4) is 0 Å². The smallest absolute Gasteiger partial charge is 0.267 e. The van der Waals surface area contributed by atoms with Gasteiger partial charge in [0.05, 0.1) is 11.1 Å². The molecule has 110 valence electrons. The van der Waals surface area contributed by atoms with E-state index in [0.717, 1.165) is 4.88 Å². The van der Waals surface area contributed by atoms with Gasteiger partial charge >= 0.3 is 0 Å². The Kier molecular flexibility index (Phi) is 3.94. The number of hydrazone groups is 1. The van der Waals surface area contributed by atoms with Gasteiger partial charge in [-0.2, -0.15) is 5.10 Å². The molecule has 0 bridgehead atoms. The van der Waals surface area contributed by atoms with Crippen molar-refractivity contribution >= 4 is 49.9 Å². The maximum Gasteiger partial charge on any atom is 0.271 e. The first-order valence-corrected chi connectivity index (χ1v) is 7.88. The molecule has 0 fully saturated rings. The minimum Gasteiger partial charge on any atom is -0.267 e. The van der Waals surface area contributed by atoms with Crippen LogP contribution in [-0.4, -0.2) is 17.0 Å². The van der Waals surface area contributed by atoms with Gasteiger partial charge in [-0.05, 0) is 23.6 Å². The highest BCUT2D eigenvalue weighted by Crippen LogP contribution is 2.28. The molecule has 0 aliphatic rings. The van der Waals surface area contributed by atoms with Crippen molar-refractivity contribution < 1.29 is 9.72 Å². The fraction of sp³-hybridized carbons (Fsp3) is 0. The van der Waals surface area contributed by atoms with Crippen LogP contribution in [0.1, 0.15) is 15.2 Å². The summed E-state index contributed by atoms with van der Waals surface area (Å²) in [5, 5.41) is 16.6. The zero-order chi connectivity index (χ0) is 15.5. The lowest BCUT2D eigenvalue weighted by Crippen LogP contribution is -2.17. The van der Waals surface area contributed by atoms with Crippen molar-refractivity contribution in [2.24, 2.45) is 5.10 Å². The molecule has 6 nitrogen and oxygen atoms in total. The van der Waals surface area contributed by atoms with Gasteiger partial charge in [0.15, 0.2) is 0 Å². The lowest BCUT2D eigenvalue weighted by molar-refractivity contribution is -0.384. The van der Waals surface area contributed by atoms with Gasteiger partial charge in [-0.3, -0.25) is 14.9 Å². The zero-order valence-corrected chi connectivity index (χ0v) is 12.7. The molecule has 0 saturated heterocycles. The Balaban J connectivity index is 1.69. The van der Waals surface area contributed by atoms with E-state index in [1.807, 2.05) is 17.5 Å². The van der Waals surface area contributed by atoms with Crippen molar-refractivity contribution in [1.29, 1.82) is 0 Å². The van der Waals surface area contributed by atoms with Crippen molar-refractivity contribution in [2.75, 3.05) is 0 Å². The molecule has 2 aromatic heterocycles. The number of benzene rings is 1. The number of fused-ring (bicyclic) bond motifs is 1. The molecule has 22 heavy (non-hydrogen) atoms. The minimum absolute atomic E-state index is 0.130. The number of amides is 1. The molecule has 0 aliphatic carbocycles. The largest absolute Gasteiger partial charge is 0.271 e. The number of nitrogens with one attached hydrogen (secondary N) is 1. The third kappa shape index (κ3) is 3.02. The summed E-state index contributed by atoms with van der Waals surface area (Å²) in [7, 11) is 0. The first-order valence-electron chi connectivity index (χ1n) is 6.18. The Morgan fingerprint density at radius 2 is 2.14 bits per heavy atom. The zero-order valence-electron chi connectivity index (χ0n) is 11.1. The molecule has 0 radical (unpaired) electrons. The molecule has 1 aromatic carbocycles. The second-order valence-electron chi connectivity index (χ2n) is 4.30. The fourth-order valence-electron chi connectivity index (χ4n) is 1.83. The predicted molar refractivity (Wildman–Crippen MR) is 87.9 cm³/mol. The summed E-state index contributed by atoms with van der Waals surface area (Å²) in [6.07, 6.45) is 1.56. The number of carbonyl (C=O) groups is 1. The quantitative estimate of drug-likeness (QED) is 0.450. The standard InChI is InChI=1S/C14H9N3O3S2/c18-14(9-2-1-3-10(6-9)17(19)20)16-15-8-11-7-13-12(22-11)4-5-21-13/h1-8H,(H,16,18)/b15-8-. The molecule has 0 saturated carbocycles. The molecule has 0 unspecified atom stereocenters.